The number of aromatic amines is 1. The Morgan fingerprint density at radius 2 is 2.03 bits per heavy atom. The van der Waals surface area contributed by atoms with Crippen molar-refractivity contribution in [3.8, 4) is 23.0 Å². The van der Waals surface area contributed by atoms with Crippen LogP contribution in [0.4, 0.5) is 0 Å². The summed E-state index contributed by atoms with van der Waals surface area (Å²) >= 11 is 0. The van der Waals surface area contributed by atoms with Crippen LogP contribution in [-0.4, -0.2) is 46.8 Å². The zero-order valence-electron chi connectivity index (χ0n) is 17.3. The van der Waals surface area contributed by atoms with E-state index < -0.39 is 0 Å². The van der Waals surface area contributed by atoms with Gasteiger partial charge in [0.25, 0.3) is 5.89 Å². The molecule has 1 N–H and O–H groups in total. The van der Waals surface area contributed by atoms with Crippen molar-refractivity contribution in [2.45, 2.75) is 32.2 Å². The molecule has 0 radical (unpaired) electrons. The van der Waals surface area contributed by atoms with Crippen LogP contribution in [0.3, 0.4) is 0 Å². The van der Waals surface area contributed by atoms with E-state index in [9.17, 15) is 4.79 Å². The fourth-order valence-corrected chi connectivity index (χ4v) is 3.75. The van der Waals surface area contributed by atoms with Crippen LogP contribution >= 0.6 is 0 Å². The van der Waals surface area contributed by atoms with Gasteiger partial charge < -0.3 is 19.0 Å². The Labute approximate surface area is 174 Å². The van der Waals surface area contributed by atoms with E-state index in [4.69, 9.17) is 14.0 Å². The first-order chi connectivity index (χ1) is 14.7. The third-order valence-corrected chi connectivity index (χ3v) is 5.36. The Morgan fingerprint density at radius 1 is 1.20 bits per heavy atom. The molecular weight excluding hydrogens is 384 g/mol. The van der Waals surface area contributed by atoms with E-state index in [2.05, 4.69) is 26.1 Å². The van der Waals surface area contributed by atoms with Crippen molar-refractivity contribution < 1.29 is 14.0 Å². The van der Waals surface area contributed by atoms with E-state index in [1.54, 1.807) is 19.4 Å². The maximum absolute atomic E-state index is 11.2. The highest BCUT2D eigenvalue weighted by molar-refractivity contribution is 5.50. The summed E-state index contributed by atoms with van der Waals surface area (Å²) in [6, 6.07) is 9.25. The Hall–Kier alpha value is -3.13. The minimum Gasteiger partial charge on any atom is -0.493 e. The Bertz CT molecular complexity index is 1020. The second kappa shape index (κ2) is 9.13. The maximum atomic E-state index is 11.2. The standard InChI is InChI=1S/C22H26N4O4/c1-3-29-18-6-4-15(12-19(18)28-2)14-26-10-8-16(9-11-26)21-24-22(30-25-21)17-5-7-20(27)23-13-17/h4-7,12-13,16H,3,8-11,14H2,1-2H3,(H,23,27). The number of ether oxygens (including phenoxy) is 2. The maximum Gasteiger partial charge on any atom is 0.259 e. The van der Waals surface area contributed by atoms with Gasteiger partial charge in [0.2, 0.25) is 5.56 Å². The van der Waals surface area contributed by atoms with Gasteiger partial charge in [0.05, 0.1) is 19.3 Å². The van der Waals surface area contributed by atoms with Crippen molar-refractivity contribution in [1.29, 1.82) is 0 Å². The van der Waals surface area contributed by atoms with Gasteiger partial charge in [0, 0.05) is 24.7 Å². The van der Waals surface area contributed by atoms with Crippen molar-refractivity contribution in [3.63, 3.8) is 0 Å². The molecule has 4 rings (SSSR count). The van der Waals surface area contributed by atoms with Gasteiger partial charge in [-0.3, -0.25) is 9.69 Å². The minimum atomic E-state index is -0.156. The van der Waals surface area contributed by atoms with Crippen molar-refractivity contribution >= 4 is 0 Å². The molecule has 1 aromatic carbocycles. The summed E-state index contributed by atoms with van der Waals surface area (Å²) in [5.74, 6) is 2.99. The molecule has 0 aliphatic carbocycles. The summed E-state index contributed by atoms with van der Waals surface area (Å²) in [7, 11) is 1.67. The van der Waals surface area contributed by atoms with E-state index in [-0.39, 0.29) is 11.5 Å². The molecule has 0 saturated carbocycles. The summed E-state index contributed by atoms with van der Waals surface area (Å²) in [6.45, 7) is 5.36. The molecule has 2 aromatic heterocycles. The van der Waals surface area contributed by atoms with E-state index >= 15 is 0 Å². The van der Waals surface area contributed by atoms with Crippen molar-refractivity contribution in [3.05, 3.63) is 58.3 Å². The van der Waals surface area contributed by atoms with Gasteiger partial charge in [0.1, 0.15) is 0 Å². The summed E-state index contributed by atoms with van der Waals surface area (Å²) < 4.78 is 16.5. The molecule has 0 spiro atoms. The SMILES string of the molecule is CCOc1ccc(CN2CCC(c3noc(-c4ccc(=O)[nH]c4)n3)CC2)cc1OC. The Balaban J connectivity index is 1.35. The molecule has 3 aromatic rings. The number of H-pyrrole nitrogens is 1. The number of likely N-dealkylation sites (tertiary alicyclic amines) is 1. The number of nitrogens with zero attached hydrogens (tertiary/aromatic N) is 3. The van der Waals surface area contributed by atoms with Crippen molar-refractivity contribution in [2.24, 2.45) is 0 Å². The van der Waals surface area contributed by atoms with Gasteiger partial charge in [-0.2, -0.15) is 4.98 Å². The number of aromatic nitrogens is 3. The van der Waals surface area contributed by atoms with Crippen LogP contribution in [0.5, 0.6) is 11.5 Å². The largest absolute Gasteiger partial charge is 0.493 e. The highest BCUT2D eigenvalue weighted by atomic mass is 16.5. The molecule has 8 nitrogen and oxygen atoms in total. The number of methoxy groups -OCH3 is 1. The first-order valence-electron chi connectivity index (χ1n) is 10.2. The molecule has 0 atom stereocenters. The fourth-order valence-electron chi connectivity index (χ4n) is 3.75. The first kappa shape index (κ1) is 20.2. The lowest BCUT2D eigenvalue weighted by Crippen LogP contribution is -2.32. The van der Waals surface area contributed by atoms with E-state index in [1.807, 2.05) is 19.1 Å². The molecule has 1 aliphatic rings. The monoisotopic (exact) mass is 410 g/mol. The van der Waals surface area contributed by atoms with Crippen LogP contribution in [0, 0.1) is 0 Å². The van der Waals surface area contributed by atoms with Crippen LogP contribution in [0.2, 0.25) is 0 Å². The van der Waals surface area contributed by atoms with Crippen LogP contribution in [-0.2, 0) is 6.54 Å². The molecular formula is C22H26N4O4. The smallest absolute Gasteiger partial charge is 0.259 e. The Morgan fingerprint density at radius 3 is 2.73 bits per heavy atom. The van der Waals surface area contributed by atoms with E-state index in [0.717, 1.165) is 55.4 Å². The second-order valence-electron chi connectivity index (χ2n) is 7.37. The number of pyridine rings is 1. The molecule has 0 amide bonds. The highest BCUT2D eigenvalue weighted by Crippen LogP contribution is 2.31. The molecule has 1 aliphatic heterocycles. The molecule has 0 bridgehead atoms. The lowest BCUT2D eigenvalue weighted by Gasteiger charge is -2.30. The minimum absolute atomic E-state index is 0.156. The average molecular weight is 410 g/mol. The molecule has 30 heavy (non-hydrogen) atoms. The molecule has 8 heteroatoms. The highest BCUT2D eigenvalue weighted by Gasteiger charge is 2.25. The number of benzene rings is 1. The number of rotatable bonds is 7. The summed E-state index contributed by atoms with van der Waals surface area (Å²) in [5, 5.41) is 4.17. The molecule has 0 unspecified atom stereocenters. The average Bonchev–Trinajstić information content (AvgIpc) is 3.26. The van der Waals surface area contributed by atoms with E-state index in [1.165, 1.54) is 11.6 Å². The fraction of sp³-hybridized carbons (Fsp3) is 0.409. The summed E-state index contributed by atoms with van der Waals surface area (Å²) in [4.78, 5) is 20.8. The lowest BCUT2D eigenvalue weighted by atomic mass is 9.96. The van der Waals surface area contributed by atoms with Gasteiger partial charge in [-0.15, -0.1) is 0 Å². The normalized spacial score (nSPS) is 15.3. The van der Waals surface area contributed by atoms with Gasteiger partial charge in [0.15, 0.2) is 17.3 Å². The van der Waals surface area contributed by atoms with Crippen molar-refractivity contribution in [1.82, 2.24) is 20.0 Å². The third kappa shape index (κ3) is 4.54. The van der Waals surface area contributed by atoms with Gasteiger partial charge in [-0.1, -0.05) is 11.2 Å². The Kier molecular flexibility index (Phi) is 6.13. The third-order valence-electron chi connectivity index (χ3n) is 5.36. The number of piperidine rings is 1. The van der Waals surface area contributed by atoms with Crippen molar-refractivity contribution in [2.75, 3.05) is 26.8 Å². The van der Waals surface area contributed by atoms with Crippen LogP contribution in [0.15, 0.2) is 45.8 Å². The summed E-state index contributed by atoms with van der Waals surface area (Å²) in [6.07, 6.45) is 3.53. The second-order valence-corrected chi connectivity index (χ2v) is 7.37. The lowest BCUT2D eigenvalue weighted by molar-refractivity contribution is 0.200. The van der Waals surface area contributed by atoms with Gasteiger partial charge >= 0.3 is 0 Å². The summed E-state index contributed by atoms with van der Waals surface area (Å²) in [5.41, 5.74) is 1.76. The first-order valence-corrected chi connectivity index (χ1v) is 10.2. The zero-order chi connectivity index (χ0) is 20.9. The molecule has 158 valence electrons. The topological polar surface area (TPSA) is 93.5 Å². The molecule has 1 fully saturated rings. The van der Waals surface area contributed by atoms with E-state index in [0.29, 0.717) is 12.5 Å². The molecule has 1 saturated heterocycles. The quantitative estimate of drug-likeness (QED) is 0.639. The van der Waals surface area contributed by atoms with Crippen LogP contribution < -0.4 is 15.0 Å². The zero-order valence-corrected chi connectivity index (χ0v) is 17.3. The number of nitrogens with one attached hydrogen (secondary N) is 1. The van der Waals surface area contributed by atoms with Gasteiger partial charge in [-0.05, 0) is 56.6 Å². The number of hydrogen-bond acceptors (Lipinski definition) is 7. The number of hydrogen-bond donors (Lipinski definition) is 1. The molecule has 3 heterocycles. The predicted octanol–water partition coefficient (Wildman–Crippen LogP) is 3.21. The van der Waals surface area contributed by atoms with Gasteiger partial charge in [-0.25, -0.2) is 0 Å². The van der Waals surface area contributed by atoms with Crippen LogP contribution in [0.25, 0.3) is 11.5 Å². The predicted molar refractivity (Wildman–Crippen MR) is 112 cm³/mol. The van der Waals surface area contributed by atoms with Crippen LogP contribution in [0.1, 0.15) is 37.1 Å².